The van der Waals surface area contributed by atoms with E-state index < -0.39 is 34.7 Å². The van der Waals surface area contributed by atoms with Gasteiger partial charge in [-0.1, -0.05) is 12.1 Å². The van der Waals surface area contributed by atoms with Crippen LogP contribution in [-0.2, 0) is 16.0 Å². The maximum atomic E-state index is 14.3. The standard InChI is InChI=1S/C16H15FN4O4S/c1-9-3-2-4-10(5-9)18-16(24)19-11-6-12(17)15(13(22)7-11)21-8-14(23)20-26(21)25/h2-7,22H,8H2,1H3,(H,20,23)(H2,18,19,24). The van der Waals surface area contributed by atoms with E-state index in [1.165, 1.54) is 0 Å². The molecule has 1 fully saturated rings. The molecule has 10 heteroatoms. The van der Waals surface area contributed by atoms with E-state index in [-0.39, 0.29) is 17.9 Å². The normalized spacial score (nSPS) is 16.3. The van der Waals surface area contributed by atoms with Gasteiger partial charge < -0.3 is 15.7 Å². The predicted molar refractivity (Wildman–Crippen MR) is 95.5 cm³/mol. The lowest BCUT2D eigenvalue weighted by Crippen LogP contribution is -2.24. The van der Waals surface area contributed by atoms with Gasteiger partial charge in [-0.25, -0.2) is 13.4 Å². The number of phenols is 1. The molecule has 3 rings (SSSR count). The molecule has 0 spiro atoms. The first-order valence-electron chi connectivity index (χ1n) is 7.49. The van der Waals surface area contributed by atoms with E-state index in [0.29, 0.717) is 5.69 Å². The number of rotatable bonds is 3. The average molecular weight is 378 g/mol. The van der Waals surface area contributed by atoms with Crippen molar-refractivity contribution in [3.05, 3.63) is 47.8 Å². The minimum Gasteiger partial charge on any atom is -0.506 e. The van der Waals surface area contributed by atoms with Crippen molar-refractivity contribution < 1.29 is 23.3 Å². The number of aromatic hydroxyl groups is 1. The Morgan fingerprint density at radius 3 is 2.62 bits per heavy atom. The van der Waals surface area contributed by atoms with Crippen molar-refractivity contribution in [1.82, 2.24) is 4.72 Å². The summed E-state index contributed by atoms with van der Waals surface area (Å²) in [6.45, 7) is 1.52. The van der Waals surface area contributed by atoms with Gasteiger partial charge in [0.05, 0.1) is 0 Å². The number of phenolic OH excluding ortho intramolecular Hbond substituents is 1. The molecule has 0 radical (unpaired) electrons. The van der Waals surface area contributed by atoms with Crippen LogP contribution in [0.1, 0.15) is 5.56 Å². The Hall–Kier alpha value is -3.14. The zero-order valence-electron chi connectivity index (χ0n) is 13.6. The lowest BCUT2D eigenvalue weighted by molar-refractivity contribution is -0.117. The largest absolute Gasteiger partial charge is 0.506 e. The maximum Gasteiger partial charge on any atom is 0.323 e. The van der Waals surface area contributed by atoms with Gasteiger partial charge in [-0.05, 0) is 30.7 Å². The molecule has 0 saturated carbocycles. The minimum absolute atomic E-state index is 0.00170. The summed E-state index contributed by atoms with van der Waals surface area (Å²) in [7, 11) is 0. The fourth-order valence-corrected chi connectivity index (χ4v) is 3.41. The van der Waals surface area contributed by atoms with Crippen molar-refractivity contribution in [2.24, 2.45) is 0 Å². The first-order valence-corrected chi connectivity index (χ1v) is 8.60. The molecule has 2 aromatic carbocycles. The molecule has 1 heterocycles. The van der Waals surface area contributed by atoms with Crippen LogP contribution in [0.15, 0.2) is 36.4 Å². The van der Waals surface area contributed by atoms with Crippen LogP contribution in [0.5, 0.6) is 5.75 Å². The summed E-state index contributed by atoms with van der Waals surface area (Å²) >= 11 is -1.97. The van der Waals surface area contributed by atoms with Gasteiger partial charge >= 0.3 is 6.03 Å². The Morgan fingerprint density at radius 2 is 2.00 bits per heavy atom. The SMILES string of the molecule is Cc1cccc(NC(=O)Nc2cc(O)c(N3CC(=O)NS3=O)c(F)c2)c1. The van der Waals surface area contributed by atoms with Crippen LogP contribution in [0, 0.1) is 12.7 Å². The van der Waals surface area contributed by atoms with Crippen LogP contribution < -0.4 is 19.7 Å². The van der Waals surface area contributed by atoms with Gasteiger partial charge in [0.25, 0.3) is 5.91 Å². The maximum absolute atomic E-state index is 14.3. The van der Waals surface area contributed by atoms with Crippen LogP contribution in [0.3, 0.4) is 0 Å². The van der Waals surface area contributed by atoms with E-state index in [9.17, 15) is 23.3 Å². The first kappa shape index (κ1) is 17.7. The molecule has 0 bridgehead atoms. The monoisotopic (exact) mass is 378 g/mol. The number of amides is 3. The molecular weight excluding hydrogens is 363 g/mol. The molecule has 1 atom stereocenters. The predicted octanol–water partition coefficient (Wildman–Crippen LogP) is 2.00. The van der Waals surface area contributed by atoms with Crippen molar-refractivity contribution in [1.29, 1.82) is 0 Å². The highest BCUT2D eigenvalue weighted by molar-refractivity contribution is 7.85. The van der Waals surface area contributed by atoms with E-state index in [1.807, 2.05) is 13.0 Å². The second-order valence-electron chi connectivity index (χ2n) is 5.59. The van der Waals surface area contributed by atoms with Crippen LogP contribution in [0.4, 0.5) is 26.2 Å². The Morgan fingerprint density at radius 1 is 1.27 bits per heavy atom. The fourth-order valence-electron chi connectivity index (χ4n) is 2.46. The van der Waals surface area contributed by atoms with Gasteiger partial charge in [0, 0.05) is 17.4 Å². The van der Waals surface area contributed by atoms with Crippen molar-refractivity contribution in [3.8, 4) is 5.75 Å². The van der Waals surface area contributed by atoms with Gasteiger partial charge in [-0.15, -0.1) is 0 Å². The lowest BCUT2D eigenvalue weighted by atomic mass is 10.2. The number of hydrogen-bond donors (Lipinski definition) is 4. The highest BCUT2D eigenvalue weighted by Gasteiger charge is 2.31. The van der Waals surface area contributed by atoms with Gasteiger partial charge in [0.1, 0.15) is 18.0 Å². The number of urea groups is 1. The van der Waals surface area contributed by atoms with Gasteiger partial charge in [-0.3, -0.25) is 13.8 Å². The molecule has 4 N–H and O–H groups in total. The third-order valence-electron chi connectivity index (χ3n) is 3.52. The number of halogens is 1. The summed E-state index contributed by atoms with van der Waals surface area (Å²) in [5.41, 5.74) is 1.13. The zero-order valence-corrected chi connectivity index (χ0v) is 14.4. The van der Waals surface area contributed by atoms with E-state index >= 15 is 0 Å². The third kappa shape index (κ3) is 3.75. The molecule has 26 heavy (non-hydrogen) atoms. The van der Waals surface area contributed by atoms with E-state index in [1.54, 1.807) is 18.2 Å². The molecule has 1 aliphatic heterocycles. The Labute approximate surface area is 150 Å². The van der Waals surface area contributed by atoms with Gasteiger partial charge in [0.15, 0.2) is 5.82 Å². The minimum atomic E-state index is -1.97. The quantitative estimate of drug-likeness (QED) is 0.655. The molecule has 0 aliphatic carbocycles. The molecule has 1 unspecified atom stereocenters. The summed E-state index contributed by atoms with van der Waals surface area (Å²) in [4.78, 5) is 23.3. The summed E-state index contributed by atoms with van der Waals surface area (Å²) < 4.78 is 29.1. The molecule has 1 aliphatic rings. The van der Waals surface area contributed by atoms with Crippen molar-refractivity contribution in [2.45, 2.75) is 6.92 Å². The number of nitrogens with zero attached hydrogens (tertiary/aromatic N) is 1. The van der Waals surface area contributed by atoms with Crippen molar-refractivity contribution >= 4 is 40.2 Å². The summed E-state index contributed by atoms with van der Waals surface area (Å²) in [5.74, 6) is -2.04. The van der Waals surface area contributed by atoms with Gasteiger partial charge in [0.2, 0.25) is 11.2 Å². The first-order chi connectivity index (χ1) is 12.3. The number of aryl methyl sites for hydroxylation is 1. The van der Waals surface area contributed by atoms with Gasteiger partial charge in [-0.2, -0.15) is 0 Å². The van der Waals surface area contributed by atoms with Crippen molar-refractivity contribution in [3.63, 3.8) is 0 Å². The molecular formula is C16H15FN4O4S. The van der Waals surface area contributed by atoms with E-state index in [0.717, 1.165) is 22.0 Å². The lowest BCUT2D eigenvalue weighted by Gasteiger charge is -2.17. The van der Waals surface area contributed by atoms with E-state index in [4.69, 9.17) is 0 Å². The highest BCUT2D eigenvalue weighted by atomic mass is 32.2. The fraction of sp³-hybridized carbons (Fsp3) is 0.125. The number of anilines is 3. The Balaban J connectivity index is 1.76. The summed E-state index contributed by atoms with van der Waals surface area (Å²) in [6.07, 6.45) is 0. The molecule has 8 nitrogen and oxygen atoms in total. The average Bonchev–Trinajstić information content (AvgIpc) is 2.84. The second-order valence-corrected chi connectivity index (χ2v) is 6.73. The Bertz CT molecular complexity index is 898. The van der Waals surface area contributed by atoms with Crippen LogP contribution in [-0.4, -0.2) is 27.8 Å². The molecule has 0 aromatic heterocycles. The molecule has 3 amide bonds. The second kappa shape index (κ2) is 7.00. The summed E-state index contributed by atoms with van der Waals surface area (Å²) in [5, 5.41) is 15.0. The zero-order chi connectivity index (χ0) is 18.8. The smallest absolute Gasteiger partial charge is 0.323 e. The number of carbonyl (C=O) groups excluding carboxylic acids is 2. The van der Waals surface area contributed by atoms with Crippen LogP contribution in [0.25, 0.3) is 0 Å². The highest BCUT2D eigenvalue weighted by Crippen LogP contribution is 2.35. The number of carbonyl (C=O) groups is 2. The molecule has 1 saturated heterocycles. The number of nitrogens with one attached hydrogen (secondary N) is 3. The Kier molecular flexibility index (Phi) is 4.76. The van der Waals surface area contributed by atoms with E-state index in [2.05, 4.69) is 15.4 Å². The number of hydrogen-bond acceptors (Lipinski definition) is 4. The number of benzene rings is 2. The molecule has 136 valence electrons. The van der Waals surface area contributed by atoms with Crippen LogP contribution in [0.2, 0.25) is 0 Å². The van der Waals surface area contributed by atoms with Crippen LogP contribution >= 0.6 is 0 Å². The topological polar surface area (TPSA) is 111 Å². The summed E-state index contributed by atoms with van der Waals surface area (Å²) in [6, 6.07) is 8.55. The third-order valence-corrected chi connectivity index (χ3v) is 4.63. The molecule has 2 aromatic rings. The van der Waals surface area contributed by atoms with Crippen molar-refractivity contribution in [2.75, 3.05) is 21.5 Å².